The summed E-state index contributed by atoms with van der Waals surface area (Å²) in [5, 5.41) is 9.98. The van der Waals surface area contributed by atoms with E-state index in [1.807, 2.05) is 13.0 Å². The molecule has 4 heteroatoms. The molecule has 1 atom stereocenters. The minimum Gasteiger partial charge on any atom is -0.508 e. The first kappa shape index (κ1) is 14.3. The molecule has 19 heavy (non-hydrogen) atoms. The molecule has 0 bridgehead atoms. The number of piperazine rings is 1. The van der Waals surface area contributed by atoms with Gasteiger partial charge in [-0.25, -0.2) is 0 Å². The van der Waals surface area contributed by atoms with Crippen LogP contribution in [0.1, 0.15) is 18.1 Å². The maximum Gasteiger partial charge on any atom is 0.120 e. The summed E-state index contributed by atoms with van der Waals surface area (Å²) < 4.78 is 0. The van der Waals surface area contributed by atoms with Crippen LogP contribution in [0.2, 0.25) is 0 Å². The number of benzene rings is 1. The van der Waals surface area contributed by atoms with E-state index in [0.717, 1.165) is 44.7 Å². The Labute approximate surface area is 115 Å². The molecule has 1 aromatic rings. The number of likely N-dealkylation sites (N-methyl/N-ethyl adjacent to an activating group) is 1. The molecule has 4 nitrogen and oxygen atoms in total. The van der Waals surface area contributed by atoms with E-state index in [2.05, 4.69) is 22.9 Å². The largest absolute Gasteiger partial charge is 0.508 e. The minimum atomic E-state index is 0.154. The molecule has 0 amide bonds. The average molecular weight is 263 g/mol. The molecule has 3 N–H and O–H groups in total. The van der Waals surface area contributed by atoms with E-state index in [1.54, 1.807) is 6.07 Å². The number of aromatic hydroxyl groups is 1. The van der Waals surface area contributed by atoms with Crippen LogP contribution in [0.15, 0.2) is 18.2 Å². The van der Waals surface area contributed by atoms with E-state index in [0.29, 0.717) is 5.75 Å². The number of rotatable bonds is 4. The van der Waals surface area contributed by atoms with Crippen molar-refractivity contribution in [1.82, 2.24) is 9.80 Å². The van der Waals surface area contributed by atoms with Gasteiger partial charge in [-0.15, -0.1) is 0 Å². The van der Waals surface area contributed by atoms with Crippen molar-refractivity contribution in [3.05, 3.63) is 29.3 Å². The normalized spacial score (nSPS) is 19.5. The molecule has 1 heterocycles. The topological polar surface area (TPSA) is 52.7 Å². The van der Waals surface area contributed by atoms with Gasteiger partial charge in [0, 0.05) is 44.3 Å². The Kier molecular flexibility index (Phi) is 4.80. The number of phenols is 1. The van der Waals surface area contributed by atoms with Crippen molar-refractivity contribution in [2.24, 2.45) is 5.73 Å². The molecular formula is C15H25N3O. The van der Waals surface area contributed by atoms with Crippen LogP contribution in [0.3, 0.4) is 0 Å². The lowest BCUT2D eigenvalue weighted by molar-refractivity contribution is 0.147. The van der Waals surface area contributed by atoms with Crippen molar-refractivity contribution < 1.29 is 5.11 Å². The van der Waals surface area contributed by atoms with Crippen molar-refractivity contribution in [2.75, 3.05) is 33.2 Å². The third-order valence-electron chi connectivity index (χ3n) is 3.69. The summed E-state index contributed by atoms with van der Waals surface area (Å²) >= 11 is 0. The van der Waals surface area contributed by atoms with Crippen LogP contribution < -0.4 is 5.73 Å². The van der Waals surface area contributed by atoms with Crippen molar-refractivity contribution >= 4 is 0 Å². The first-order chi connectivity index (χ1) is 9.04. The quantitative estimate of drug-likeness (QED) is 0.852. The Morgan fingerprint density at radius 1 is 1.26 bits per heavy atom. The van der Waals surface area contributed by atoms with Crippen LogP contribution in [0.25, 0.3) is 0 Å². The number of phenolic OH excluding ortho intramolecular Hbond substituents is 1. The van der Waals surface area contributed by atoms with Crippen molar-refractivity contribution in [3.63, 3.8) is 0 Å². The highest BCUT2D eigenvalue weighted by molar-refractivity contribution is 5.36. The molecule has 1 unspecified atom stereocenters. The van der Waals surface area contributed by atoms with E-state index in [-0.39, 0.29) is 6.04 Å². The van der Waals surface area contributed by atoms with E-state index < -0.39 is 0 Å². The van der Waals surface area contributed by atoms with Crippen molar-refractivity contribution in [3.8, 4) is 5.75 Å². The second kappa shape index (κ2) is 6.37. The predicted octanol–water partition coefficient (Wildman–Crippen LogP) is 1.03. The van der Waals surface area contributed by atoms with Gasteiger partial charge in [0.05, 0.1) is 0 Å². The SMILES string of the molecule is CC(N)Cc1ccc(O)c(CN2CCN(C)CC2)c1. The zero-order chi connectivity index (χ0) is 13.8. The number of nitrogens with zero attached hydrogens (tertiary/aromatic N) is 2. The Balaban J connectivity index is 2.02. The van der Waals surface area contributed by atoms with E-state index >= 15 is 0 Å². The summed E-state index contributed by atoms with van der Waals surface area (Å²) in [6.07, 6.45) is 0.857. The van der Waals surface area contributed by atoms with Crippen molar-refractivity contribution in [1.29, 1.82) is 0 Å². The zero-order valence-electron chi connectivity index (χ0n) is 12.0. The predicted molar refractivity (Wildman–Crippen MR) is 78.2 cm³/mol. The molecule has 0 aromatic heterocycles. The Morgan fingerprint density at radius 2 is 1.95 bits per heavy atom. The first-order valence-electron chi connectivity index (χ1n) is 7.02. The molecule has 1 aliphatic rings. The molecule has 0 saturated carbocycles. The van der Waals surface area contributed by atoms with Crippen LogP contribution >= 0.6 is 0 Å². The summed E-state index contributed by atoms with van der Waals surface area (Å²) in [4.78, 5) is 4.73. The minimum absolute atomic E-state index is 0.154. The maximum absolute atomic E-state index is 9.98. The van der Waals surface area contributed by atoms with Crippen LogP contribution in [0.4, 0.5) is 0 Å². The lowest BCUT2D eigenvalue weighted by Gasteiger charge is -2.32. The Hall–Kier alpha value is -1.10. The number of nitrogens with two attached hydrogens (primary N) is 1. The lowest BCUT2D eigenvalue weighted by atomic mass is 10.0. The Morgan fingerprint density at radius 3 is 2.58 bits per heavy atom. The van der Waals surface area contributed by atoms with Gasteiger partial charge in [0.25, 0.3) is 0 Å². The van der Waals surface area contributed by atoms with E-state index in [9.17, 15) is 5.11 Å². The average Bonchev–Trinajstić information content (AvgIpc) is 2.35. The smallest absolute Gasteiger partial charge is 0.120 e. The maximum atomic E-state index is 9.98. The number of hydrogen-bond acceptors (Lipinski definition) is 4. The molecule has 1 saturated heterocycles. The van der Waals surface area contributed by atoms with Crippen LogP contribution in [-0.4, -0.2) is 54.2 Å². The molecule has 106 valence electrons. The standard InChI is InChI=1S/C15H25N3O/c1-12(16)9-13-3-4-15(19)14(10-13)11-18-7-5-17(2)6-8-18/h3-4,10,12,19H,5-9,11,16H2,1-2H3. The van der Waals surface area contributed by atoms with Gasteiger partial charge < -0.3 is 15.7 Å². The van der Waals surface area contributed by atoms with Gasteiger partial charge >= 0.3 is 0 Å². The summed E-state index contributed by atoms with van der Waals surface area (Å²) in [6, 6.07) is 6.01. The molecule has 0 spiro atoms. The summed E-state index contributed by atoms with van der Waals surface area (Å²) in [6.45, 7) is 7.15. The highest BCUT2D eigenvalue weighted by atomic mass is 16.3. The molecule has 0 radical (unpaired) electrons. The Bertz CT molecular complexity index is 412. The zero-order valence-corrected chi connectivity index (χ0v) is 12.0. The third-order valence-corrected chi connectivity index (χ3v) is 3.69. The highest BCUT2D eigenvalue weighted by Gasteiger charge is 2.15. The fourth-order valence-corrected chi connectivity index (χ4v) is 2.51. The van der Waals surface area contributed by atoms with Crippen molar-refractivity contribution in [2.45, 2.75) is 25.9 Å². The third kappa shape index (κ3) is 4.20. The van der Waals surface area contributed by atoms with Gasteiger partial charge in [-0.05, 0) is 32.0 Å². The van der Waals surface area contributed by atoms with Crippen LogP contribution in [0, 0.1) is 0 Å². The molecule has 1 aromatic carbocycles. The highest BCUT2D eigenvalue weighted by Crippen LogP contribution is 2.21. The second-order valence-corrected chi connectivity index (χ2v) is 5.72. The first-order valence-corrected chi connectivity index (χ1v) is 7.02. The number of hydrogen-bond donors (Lipinski definition) is 2. The van der Waals surface area contributed by atoms with Crippen LogP contribution in [0.5, 0.6) is 5.75 Å². The molecule has 1 fully saturated rings. The summed E-state index contributed by atoms with van der Waals surface area (Å²) in [5.74, 6) is 0.396. The van der Waals surface area contributed by atoms with E-state index in [4.69, 9.17) is 5.73 Å². The second-order valence-electron chi connectivity index (χ2n) is 5.72. The lowest BCUT2D eigenvalue weighted by Crippen LogP contribution is -2.43. The summed E-state index contributed by atoms with van der Waals surface area (Å²) in [7, 11) is 2.15. The van der Waals surface area contributed by atoms with E-state index in [1.165, 1.54) is 5.56 Å². The molecule has 2 rings (SSSR count). The molecule has 1 aliphatic heterocycles. The molecular weight excluding hydrogens is 238 g/mol. The van der Waals surface area contributed by atoms with Crippen LogP contribution in [-0.2, 0) is 13.0 Å². The van der Waals surface area contributed by atoms with Gasteiger partial charge in [-0.2, -0.15) is 0 Å². The monoisotopic (exact) mass is 263 g/mol. The van der Waals surface area contributed by atoms with Gasteiger partial charge in [-0.3, -0.25) is 4.90 Å². The fourth-order valence-electron chi connectivity index (χ4n) is 2.51. The fraction of sp³-hybridized carbons (Fsp3) is 0.600. The summed E-state index contributed by atoms with van der Waals surface area (Å²) in [5.41, 5.74) is 8.06. The van der Waals surface area contributed by atoms with Gasteiger partial charge in [0.2, 0.25) is 0 Å². The molecule has 0 aliphatic carbocycles. The van der Waals surface area contributed by atoms with Gasteiger partial charge in [-0.1, -0.05) is 12.1 Å². The van der Waals surface area contributed by atoms with Gasteiger partial charge in [0.1, 0.15) is 5.75 Å². The van der Waals surface area contributed by atoms with Gasteiger partial charge in [0.15, 0.2) is 0 Å².